The minimum absolute atomic E-state index is 0.232. The Hall–Kier alpha value is -1.59. The van der Waals surface area contributed by atoms with Crippen molar-refractivity contribution < 1.29 is 9.90 Å². The van der Waals surface area contributed by atoms with E-state index in [4.69, 9.17) is 10.8 Å². The monoisotopic (exact) mass is 237 g/mol. The summed E-state index contributed by atoms with van der Waals surface area (Å²) in [5, 5.41) is 14.4. The SMILES string of the molecule is Cc1ccc(NC(=O)NCC(N)C(C)O)cc1. The molecule has 0 radical (unpaired) electrons. The third kappa shape index (κ3) is 4.84. The Morgan fingerprint density at radius 1 is 1.41 bits per heavy atom. The van der Waals surface area contributed by atoms with Crippen molar-refractivity contribution in [3.63, 3.8) is 0 Å². The van der Waals surface area contributed by atoms with Crippen molar-refractivity contribution in [3.05, 3.63) is 29.8 Å². The average Bonchev–Trinajstić information content (AvgIpc) is 2.29. The fourth-order valence-electron chi connectivity index (χ4n) is 1.19. The van der Waals surface area contributed by atoms with E-state index in [1.54, 1.807) is 6.92 Å². The van der Waals surface area contributed by atoms with Gasteiger partial charge in [0.2, 0.25) is 0 Å². The van der Waals surface area contributed by atoms with E-state index in [1.807, 2.05) is 31.2 Å². The lowest BCUT2D eigenvalue weighted by Gasteiger charge is -2.15. The topological polar surface area (TPSA) is 87.4 Å². The predicted molar refractivity (Wildman–Crippen MR) is 67.9 cm³/mol. The van der Waals surface area contributed by atoms with Crippen molar-refractivity contribution in [2.45, 2.75) is 26.0 Å². The van der Waals surface area contributed by atoms with Crippen molar-refractivity contribution >= 4 is 11.7 Å². The zero-order valence-corrected chi connectivity index (χ0v) is 10.1. The van der Waals surface area contributed by atoms with Gasteiger partial charge in [0.05, 0.1) is 6.10 Å². The smallest absolute Gasteiger partial charge is 0.319 e. The van der Waals surface area contributed by atoms with Gasteiger partial charge in [-0.25, -0.2) is 4.79 Å². The number of aliphatic hydroxyl groups excluding tert-OH is 1. The van der Waals surface area contributed by atoms with Crippen molar-refractivity contribution in [2.75, 3.05) is 11.9 Å². The lowest BCUT2D eigenvalue weighted by atomic mass is 10.2. The zero-order valence-electron chi connectivity index (χ0n) is 10.1. The molecule has 0 bridgehead atoms. The molecule has 0 aliphatic heterocycles. The van der Waals surface area contributed by atoms with E-state index in [0.717, 1.165) is 11.3 Å². The van der Waals surface area contributed by atoms with E-state index >= 15 is 0 Å². The number of aryl methyl sites for hydroxylation is 1. The van der Waals surface area contributed by atoms with Crippen LogP contribution in [0.5, 0.6) is 0 Å². The van der Waals surface area contributed by atoms with Crippen molar-refractivity contribution in [3.8, 4) is 0 Å². The summed E-state index contributed by atoms with van der Waals surface area (Å²) in [5.41, 5.74) is 7.44. The van der Waals surface area contributed by atoms with Crippen LogP contribution in [0, 0.1) is 6.92 Å². The number of nitrogens with two attached hydrogens (primary N) is 1. The highest BCUT2D eigenvalue weighted by Gasteiger charge is 2.10. The number of hydrogen-bond acceptors (Lipinski definition) is 3. The molecule has 2 atom stereocenters. The third-order valence-electron chi connectivity index (χ3n) is 2.43. The quantitative estimate of drug-likeness (QED) is 0.625. The van der Waals surface area contributed by atoms with Gasteiger partial charge in [0.1, 0.15) is 0 Å². The van der Waals surface area contributed by atoms with Crippen LogP contribution < -0.4 is 16.4 Å². The lowest BCUT2D eigenvalue weighted by molar-refractivity contribution is 0.162. The first-order chi connectivity index (χ1) is 7.99. The molecule has 0 spiro atoms. The van der Waals surface area contributed by atoms with Gasteiger partial charge in [0, 0.05) is 18.3 Å². The van der Waals surface area contributed by atoms with E-state index in [1.165, 1.54) is 0 Å². The van der Waals surface area contributed by atoms with Crippen LogP contribution in [-0.2, 0) is 0 Å². The number of urea groups is 1. The number of aliphatic hydroxyl groups is 1. The minimum Gasteiger partial charge on any atom is -0.392 e. The molecule has 94 valence electrons. The van der Waals surface area contributed by atoms with Crippen LogP contribution in [0.15, 0.2) is 24.3 Å². The maximum atomic E-state index is 11.5. The lowest BCUT2D eigenvalue weighted by Crippen LogP contribution is -2.44. The summed E-state index contributed by atoms with van der Waals surface area (Å²) in [7, 11) is 0. The second-order valence-electron chi connectivity index (χ2n) is 4.11. The van der Waals surface area contributed by atoms with Crippen molar-refractivity contribution in [2.24, 2.45) is 5.73 Å². The molecular formula is C12H19N3O2. The molecule has 17 heavy (non-hydrogen) atoms. The van der Waals surface area contributed by atoms with E-state index in [2.05, 4.69) is 10.6 Å². The van der Waals surface area contributed by atoms with Crippen LogP contribution in [0.1, 0.15) is 12.5 Å². The van der Waals surface area contributed by atoms with Gasteiger partial charge >= 0.3 is 6.03 Å². The maximum Gasteiger partial charge on any atom is 0.319 e. The summed E-state index contributed by atoms with van der Waals surface area (Å²) < 4.78 is 0. The second-order valence-corrected chi connectivity index (χ2v) is 4.11. The molecular weight excluding hydrogens is 218 g/mol. The van der Waals surface area contributed by atoms with Gasteiger partial charge < -0.3 is 21.5 Å². The summed E-state index contributed by atoms with van der Waals surface area (Å²) >= 11 is 0. The van der Waals surface area contributed by atoms with E-state index < -0.39 is 12.1 Å². The average molecular weight is 237 g/mol. The number of nitrogens with one attached hydrogen (secondary N) is 2. The van der Waals surface area contributed by atoms with Gasteiger partial charge in [-0.05, 0) is 26.0 Å². The van der Waals surface area contributed by atoms with Gasteiger partial charge in [0.25, 0.3) is 0 Å². The van der Waals surface area contributed by atoms with Crippen molar-refractivity contribution in [1.82, 2.24) is 5.32 Å². The Morgan fingerprint density at radius 3 is 2.53 bits per heavy atom. The van der Waals surface area contributed by atoms with Crippen LogP contribution in [0.2, 0.25) is 0 Å². The molecule has 2 unspecified atom stereocenters. The number of amides is 2. The third-order valence-corrected chi connectivity index (χ3v) is 2.43. The molecule has 5 N–H and O–H groups in total. The Labute approximate surface area is 101 Å². The summed E-state index contributed by atoms with van der Waals surface area (Å²) in [6.45, 7) is 3.80. The van der Waals surface area contributed by atoms with Gasteiger partial charge in [-0.1, -0.05) is 17.7 Å². The Bertz CT molecular complexity index is 363. The normalized spacial score (nSPS) is 13.9. The molecule has 0 heterocycles. The molecule has 1 aromatic carbocycles. The van der Waals surface area contributed by atoms with Crippen LogP contribution in [0.4, 0.5) is 10.5 Å². The number of benzene rings is 1. The van der Waals surface area contributed by atoms with Crippen LogP contribution in [-0.4, -0.2) is 29.8 Å². The molecule has 1 rings (SSSR count). The standard InChI is InChI=1S/C12H19N3O2/c1-8-3-5-10(6-4-8)15-12(17)14-7-11(13)9(2)16/h3-6,9,11,16H,7,13H2,1-2H3,(H2,14,15,17). The second kappa shape index (κ2) is 6.22. The summed E-state index contributed by atoms with van der Waals surface area (Å²) in [4.78, 5) is 11.5. The predicted octanol–water partition coefficient (Wildman–Crippen LogP) is 0.825. The fraction of sp³-hybridized carbons (Fsp3) is 0.417. The molecule has 5 nitrogen and oxygen atoms in total. The molecule has 0 fully saturated rings. The highest BCUT2D eigenvalue weighted by atomic mass is 16.3. The first-order valence-electron chi connectivity index (χ1n) is 5.54. The highest BCUT2D eigenvalue weighted by Crippen LogP contribution is 2.07. The first-order valence-corrected chi connectivity index (χ1v) is 5.54. The maximum absolute atomic E-state index is 11.5. The molecule has 5 heteroatoms. The van der Waals surface area contributed by atoms with Crippen LogP contribution >= 0.6 is 0 Å². The molecule has 0 saturated carbocycles. The Morgan fingerprint density at radius 2 is 2.00 bits per heavy atom. The van der Waals surface area contributed by atoms with Gasteiger partial charge in [0.15, 0.2) is 0 Å². The van der Waals surface area contributed by atoms with Crippen LogP contribution in [0.25, 0.3) is 0 Å². The number of carbonyl (C=O) groups excluding carboxylic acids is 1. The highest BCUT2D eigenvalue weighted by molar-refractivity contribution is 5.89. The van der Waals surface area contributed by atoms with E-state index in [0.29, 0.717) is 0 Å². The first kappa shape index (κ1) is 13.5. The van der Waals surface area contributed by atoms with Crippen molar-refractivity contribution in [1.29, 1.82) is 0 Å². The fourth-order valence-corrected chi connectivity index (χ4v) is 1.19. The molecule has 0 aliphatic carbocycles. The summed E-state index contributed by atoms with van der Waals surface area (Å²) in [6, 6.07) is 6.69. The van der Waals surface area contributed by atoms with Gasteiger partial charge in [-0.3, -0.25) is 0 Å². The molecule has 0 aliphatic rings. The summed E-state index contributed by atoms with van der Waals surface area (Å²) in [6.07, 6.45) is -0.644. The molecule has 1 aromatic rings. The zero-order chi connectivity index (χ0) is 12.8. The minimum atomic E-state index is -0.644. The molecule has 0 aromatic heterocycles. The van der Waals surface area contributed by atoms with Gasteiger partial charge in [-0.15, -0.1) is 0 Å². The van der Waals surface area contributed by atoms with Crippen LogP contribution in [0.3, 0.4) is 0 Å². The Balaban J connectivity index is 2.37. The molecule has 2 amide bonds. The number of anilines is 1. The largest absolute Gasteiger partial charge is 0.392 e. The number of rotatable bonds is 4. The summed E-state index contributed by atoms with van der Waals surface area (Å²) in [5.74, 6) is 0. The van der Waals surface area contributed by atoms with E-state index in [-0.39, 0.29) is 12.6 Å². The number of carbonyl (C=O) groups is 1. The van der Waals surface area contributed by atoms with E-state index in [9.17, 15) is 4.79 Å². The Kier molecular flexibility index (Phi) is 4.93. The van der Waals surface area contributed by atoms with Gasteiger partial charge in [-0.2, -0.15) is 0 Å². The number of hydrogen-bond donors (Lipinski definition) is 4. The molecule has 0 saturated heterocycles.